The molecule has 0 saturated carbocycles. The van der Waals surface area contributed by atoms with Crippen LogP contribution in [0.2, 0.25) is 0 Å². The average molecular weight is 216 g/mol. The molecule has 1 rings (SSSR count). The van der Waals surface area contributed by atoms with Crippen LogP contribution >= 0.6 is 22.9 Å². The molecular weight excluding hydrogens is 212 g/mol. The molecular formula is C5H4ClF2NO2S. The maximum absolute atomic E-state index is 11.6. The lowest BCUT2D eigenvalue weighted by molar-refractivity contribution is -0.0499. The second kappa shape index (κ2) is 3.97. The van der Waals surface area contributed by atoms with Gasteiger partial charge in [-0.3, -0.25) is 0 Å². The molecule has 1 heterocycles. The molecule has 0 aliphatic rings. The topological polar surface area (TPSA) is 42.4 Å². The van der Waals surface area contributed by atoms with Gasteiger partial charge in [0.15, 0.2) is 5.56 Å². The Morgan fingerprint density at radius 2 is 2.33 bits per heavy atom. The van der Waals surface area contributed by atoms with Gasteiger partial charge >= 0.3 is 6.61 Å². The first-order valence-electron chi connectivity index (χ1n) is 2.82. The summed E-state index contributed by atoms with van der Waals surface area (Å²) >= 11 is 6.01. The van der Waals surface area contributed by atoms with Gasteiger partial charge < -0.3 is 9.84 Å². The predicted octanol–water partition coefficient (Wildman–Crippen LogP) is 1.97. The van der Waals surface area contributed by atoms with Crippen LogP contribution in [0.15, 0.2) is 6.20 Å². The smallest absolute Gasteiger partial charge is 0.389 e. The van der Waals surface area contributed by atoms with Gasteiger partial charge in [0.05, 0.1) is 4.88 Å². The van der Waals surface area contributed by atoms with E-state index in [0.717, 1.165) is 11.3 Å². The third-order valence-corrected chi connectivity index (χ3v) is 2.23. The second-order valence-corrected chi connectivity index (χ2v) is 3.18. The summed E-state index contributed by atoms with van der Waals surface area (Å²) in [6, 6.07) is 0. The van der Waals surface area contributed by atoms with Crippen molar-refractivity contribution in [1.29, 1.82) is 0 Å². The first kappa shape index (κ1) is 9.63. The van der Waals surface area contributed by atoms with Gasteiger partial charge in [0.25, 0.3) is 5.19 Å². The van der Waals surface area contributed by atoms with Crippen molar-refractivity contribution >= 4 is 22.9 Å². The number of aliphatic hydroxyl groups is 1. The molecule has 0 amide bonds. The zero-order valence-corrected chi connectivity index (χ0v) is 7.15. The van der Waals surface area contributed by atoms with Crippen molar-refractivity contribution in [3.8, 4) is 5.19 Å². The highest BCUT2D eigenvalue weighted by Crippen LogP contribution is 2.28. The molecule has 0 aromatic carbocycles. The maximum atomic E-state index is 11.6. The van der Waals surface area contributed by atoms with Crippen LogP contribution in [-0.4, -0.2) is 16.7 Å². The zero-order valence-electron chi connectivity index (χ0n) is 5.58. The van der Waals surface area contributed by atoms with E-state index >= 15 is 0 Å². The van der Waals surface area contributed by atoms with Crippen LogP contribution in [0.4, 0.5) is 8.78 Å². The van der Waals surface area contributed by atoms with Crippen LogP contribution in [0.3, 0.4) is 0 Å². The zero-order chi connectivity index (χ0) is 9.14. The molecule has 68 valence electrons. The van der Waals surface area contributed by atoms with Gasteiger partial charge in [0.2, 0.25) is 0 Å². The molecule has 0 aliphatic carbocycles. The number of hydrogen-bond donors (Lipinski definition) is 1. The van der Waals surface area contributed by atoms with Crippen LogP contribution < -0.4 is 4.74 Å². The molecule has 1 N–H and O–H groups in total. The monoisotopic (exact) mass is 215 g/mol. The minimum Gasteiger partial charge on any atom is -0.408 e. The van der Waals surface area contributed by atoms with E-state index in [-0.39, 0.29) is 10.1 Å². The van der Waals surface area contributed by atoms with Crippen molar-refractivity contribution < 1.29 is 18.6 Å². The molecule has 0 saturated heterocycles. The van der Waals surface area contributed by atoms with Crippen LogP contribution in [0, 0.1) is 0 Å². The van der Waals surface area contributed by atoms with Crippen molar-refractivity contribution in [2.75, 3.05) is 0 Å². The molecule has 1 aromatic rings. The Hall–Kier alpha value is -0.460. The van der Waals surface area contributed by atoms with E-state index in [4.69, 9.17) is 16.7 Å². The summed E-state index contributed by atoms with van der Waals surface area (Å²) in [6.45, 7) is -2.91. The molecule has 0 radical (unpaired) electrons. The van der Waals surface area contributed by atoms with E-state index in [9.17, 15) is 8.78 Å². The maximum Gasteiger partial charge on any atom is 0.389 e. The molecule has 0 bridgehead atoms. The van der Waals surface area contributed by atoms with Gasteiger partial charge in [-0.15, -0.1) is 0 Å². The Morgan fingerprint density at radius 1 is 1.67 bits per heavy atom. The third-order valence-electron chi connectivity index (χ3n) is 0.927. The van der Waals surface area contributed by atoms with Crippen molar-refractivity contribution in [3.05, 3.63) is 11.1 Å². The summed E-state index contributed by atoms with van der Waals surface area (Å²) in [5.74, 6) is 0. The number of nitrogens with zero attached hydrogens (tertiary/aromatic N) is 1. The second-order valence-electron chi connectivity index (χ2n) is 1.74. The lowest BCUT2D eigenvalue weighted by Gasteiger charge is -1.97. The first-order chi connectivity index (χ1) is 5.59. The van der Waals surface area contributed by atoms with E-state index < -0.39 is 12.2 Å². The van der Waals surface area contributed by atoms with Gasteiger partial charge in [0.1, 0.15) is 0 Å². The molecule has 12 heavy (non-hydrogen) atoms. The van der Waals surface area contributed by atoms with Gasteiger partial charge in [-0.1, -0.05) is 22.9 Å². The number of hydrogen-bond acceptors (Lipinski definition) is 4. The summed E-state index contributed by atoms with van der Waals surface area (Å²) in [4.78, 5) is 3.72. The number of halogens is 3. The highest BCUT2D eigenvalue weighted by molar-refractivity contribution is 7.13. The van der Waals surface area contributed by atoms with E-state index in [1.807, 2.05) is 0 Å². The Labute approximate surface area is 75.6 Å². The van der Waals surface area contributed by atoms with E-state index in [0.29, 0.717) is 0 Å². The van der Waals surface area contributed by atoms with E-state index in [1.54, 1.807) is 0 Å². The Kier molecular flexibility index (Phi) is 3.19. The van der Waals surface area contributed by atoms with Crippen molar-refractivity contribution in [2.24, 2.45) is 0 Å². The van der Waals surface area contributed by atoms with Crippen LogP contribution in [0.25, 0.3) is 0 Å². The minimum atomic E-state index is -2.91. The van der Waals surface area contributed by atoms with Gasteiger partial charge in [-0.05, 0) is 0 Å². The molecule has 7 heteroatoms. The lowest BCUT2D eigenvalue weighted by atomic mass is 10.6. The Morgan fingerprint density at radius 3 is 2.75 bits per heavy atom. The molecule has 1 atom stereocenters. The summed E-state index contributed by atoms with van der Waals surface area (Å²) in [5.41, 5.74) is -1.22. The molecule has 0 spiro atoms. The number of ether oxygens (including phenoxy) is 1. The quantitative estimate of drug-likeness (QED) is 0.784. The fraction of sp³-hybridized carbons (Fsp3) is 0.400. The van der Waals surface area contributed by atoms with Crippen molar-refractivity contribution in [1.82, 2.24) is 4.98 Å². The molecule has 0 aliphatic heterocycles. The lowest BCUT2D eigenvalue weighted by Crippen LogP contribution is -2.00. The third kappa shape index (κ3) is 2.54. The number of thiazole rings is 1. The predicted molar refractivity (Wildman–Crippen MR) is 39.6 cm³/mol. The van der Waals surface area contributed by atoms with Gasteiger partial charge in [-0.2, -0.15) is 8.78 Å². The highest BCUT2D eigenvalue weighted by Gasteiger charge is 2.12. The summed E-state index contributed by atoms with van der Waals surface area (Å²) in [6.07, 6.45) is 1.18. The summed E-state index contributed by atoms with van der Waals surface area (Å²) in [5, 5.41) is 8.56. The van der Waals surface area contributed by atoms with E-state index in [1.165, 1.54) is 6.20 Å². The number of alkyl halides is 3. The fourth-order valence-corrected chi connectivity index (χ4v) is 1.33. The number of aromatic nitrogens is 1. The molecule has 1 unspecified atom stereocenters. The minimum absolute atomic E-state index is 0.209. The fourth-order valence-electron chi connectivity index (χ4n) is 0.511. The van der Waals surface area contributed by atoms with Crippen molar-refractivity contribution in [2.45, 2.75) is 12.2 Å². The molecule has 3 nitrogen and oxygen atoms in total. The van der Waals surface area contributed by atoms with Crippen LogP contribution in [0.1, 0.15) is 10.4 Å². The van der Waals surface area contributed by atoms with Gasteiger partial charge in [0, 0.05) is 6.20 Å². The van der Waals surface area contributed by atoms with Crippen LogP contribution in [-0.2, 0) is 0 Å². The summed E-state index contributed by atoms with van der Waals surface area (Å²) < 4.78 is 27.1. The highest BCUT2D eigenvalue weighted by atomic mass is 35.5. The first-order valence-corrected chi connectivity index (χ1v) is 4.07. The van der Waals surface area contributed by atoms with Gasteiger partial charge in [-0.25, -0.2) is 4.98 Å². The normalized spacial score (nSPS) is 13.4. The summed E-state index contributed by atoms with van der Waals surface area (Å²) in [7, 11) is 0. The molecule has 0 fully saturated rings. The number of aliphatic hydroxyl groups excluding tert-OH is 1. The largest absolute Gasteiger partial charge is 0.408 e. The molecule has 1 aromatic heterocycles. The average Bonchev–Trinajstić information content (AvgIpc) is 2.34. The number of rotatable bonds is 3. The SMILES string of the molecule is OC(Cl)c1cnc(OC(F)F)s1. The van der Waals surface area contributed by atoms with Crippen molar-refractivity contribution in [3.63, 3.8) is 0 Å². The Balaban J connectivity index is 2.64. The standard InChI is InChI=1S/C5H4ClF2NO2S/c6-3(10)2-1-9-5(12-2)11-4(7)8/h1,3-4,10H. The Bertz CT molecular complexity index is 255. The van der Waals surface area contributed by atoms with Crippen LogP contribution in [0.5, 0.6) is 5.19 Å². The van der Waals surface area contributed by atoms with E-state index in [2.05, 4.69) is 9.72 Å².